The van der Waals surface area contributed by atoms with Crippen LogP contribution in [-0.4, -0.2) is 39.8 Å². The molecule has 0 saturated carbocycles. The number of para-hydroxylation sites is 1. The van der Waals surface area contributed by atoms with E-state index in [-0.39, 0.29) is 22.9 Å². The number of aliphatic imine (C=N–C) groups is 1. The Hall–Kier alpha value is -3.62. The van der Waals surface area contributed by atoms with Gasteiger partial charge in [-0.1, -0.05) is 18.2 Å². The van der Waals surface area contributed by atoms with Crippen LogP contribution in [0.5, 0.6) is 23.0 Å². The molecular weight excluding hydrogens is 388 g/mol. The molecule has 0 saturated heterocycles. The minimum absolute atomic E-state index is 0.00719. The van der Waals surface area contributed by atoms with E-state index in [0.29, 0.717) is 22.8 Å². The second-order valence-electron chi connectivity index (χ2n) is 5.67. The molecule has 1 aliphatic rings. The molecule has 152 valence electrons. The topological polar surface area (TPSA) is 75.6 Å². The van der Waals surface area contributed by atoms with Crippen LogP contribution in [0.3, 0.4) is 0 Å². The largest absolute Gasteiger partial charge is 0.493 e. The number of ether oxygens (including phenoxy) is 5. The van der Waals surface area contributed by atoms with Crippen LogP contribution in [0.15, 0.2) is 47.1 Å². The van der Waals surface area contributed by atoms with Crippen LogP contribution < -0.4 is 18.9 Å². The van der Waals surface area contributed by atoms with Crippen LogP contribution >= 0.6 is 0 Å². The van der Waals surface area contributed by atoms with E-state index in [0.717, 1.165) is 0 Å². The highest BCUT2D eigenvalue weighted by molar-refractivity contribution is 6.13. The third kappa shape index (κ3) is 4.29. The molecule has 29 heavy (non-hydrogen) atoms. The van der Waals surface area contributed by atoms with Gasteiger partial charge < -0.3 is 23.7 Å². The summed E-state index contributed by atoms with van der Waals surface area (Å²) < 4.78 is 50.7. The summed E-state index contributed by atoms with van der Waals surface area (Å²) in [6.45, 7) is -3.00. The number of nitrogens with zero attached hydrogens (tertiary/aromatic N) is 1. The van der Waals surface area contributed by atoms with Crippen molar-refractivity contribution in [2.75, 3.05) is 21.3 Å². The first kappa shape index (κ1) is 20.1. The lowest BCUT2D eigenvalue weighted by Crippen LogP contribution is -2.07. The highest BCUT2D eigenvalue weighted by Crippen LogP contribution is 2.39. The standard InChI is InChI=1S/C20H17F2NO6/c1-25-15-9-12(10-16(26-2)17(15)27-3)18-23-13(19(24)29-18)8-11-6-4-5-7-14(11)28-20(21)22/h4-10,20H,1-3H3/b13-8-. The molecule has 0 amide bonds. The molecule has 2 aromatic carbocycles. The third-order valence-electron chi connectivity index (χ3n) is 3.96. The van der Waals surface area contributed by atoms with E-state index in [2.05, 4.69) is 9.73 Å². The molecule has 1 heterocycles. The Morgan fingerprint density at radius 3 is 2.24 bits per heavy atom. The number of carbonyl (C=O) groups is 1. The van der Waals surface area contributed by atoms with Gasteiger partial charge in [0.05, 0.1) is 21.3 Å². The van der Waals surface area contributed by atoms with E-state index in [1.165, 1.54) is 45.6 Å². The fraction of sp³-hybridized carbons (Fsp3) is 0.200. The Morgan fingerprint density at radius 2 is 1.66 bits per heavy atom. The summed E-state index contributed by atoms with van der Waals surface area (Å²) in [5.74, 6) is 0.271. The quantitative estimate of drug-likeness (QED) is 0.517. The summed E-state index contributed by atoms with van der Waals surface area (Å²) in [5.41, 5.74) is 0.599. The first-order valence-electron chi connectivity index (χ1n) is 8.33. The molecule has 0 aromatic heterocycles. The number of carbonyl (C=O) groups excluding carboxylic acids is 1. The fourth-order valence-electron chi connectivity index (χ4n) is 2.69. The number of esters is 1. The van der Waals surface area contributed by atoms with Crippen molar-refractivity contribution in [3.8, 4) is 23.0 Å². The van der Waals surface area contributed by atoms with Gasteiger partial charge in [0, 0.05) is 11.1 Å². The first-order valence-corrected chi connectivity index (χ1v) is 8.33. The predicted octanol–water partition coefficient (Wildman–Crippen LogP) is 3.66. The van der Waals surface area contributed by atoms with Gasteiger partial charge >= 0.3 is 12.6 Å². The van der Waals surface area contributed by atoms with Crippen molar-refractivity contribution in [1.82, 2.24) is 0 Å². The maximum Gasteiger partial charge on any atom is 0.387 e. The van der Waals surface area contributed by atoms with Crippen molar-refractivity contribution in [1.29, 1.82) is 0 Å². The van der Waals surface area contributed by atoms with Crippen LogP contribution in [0.1, 0.15) is 11.1 Å². The van der Waals surface area contributed by atoms with Gasteiger partial charge in [-0.2, -0.15) is 8.78 Å². The molecule has 0 radical (unpaired) electrons. The lowest BCUT2D eigenvalue weighted by atomic mass is 10.1. The molecule has 0 atom stereocenters. The molecule has 0 fully saturated rings. The number of halogens is 2. The van der Waals surface area contributed by atoms with Gasteiger partial charge in [0.25, 0.3) is 0 Å². The van der Waals surface area contributed by atoms with E-state index in [1.54, 1.807) is 18.2 Å². The van der Waals surface area contributed by atoms with Gasteiger partial charge in [-0.3, -0.25) is 0 Å². The molecule has 7 nitrogen and oxygen atoms in total. The predicted molar refractivity (Wildman–Crippen MR) is 99.8 cm³/mol. The second kappa shape index (κ2) is 8.59. The number of hydrogen-bond donors (Lipinski definition) is 0. The van der Waals surface area contributed by atoms with Crippen LogP contribution in [0.2, 0.25) is 0 Å². The average molecular weight is 405 g/mol. The Kier molecular flexibility index (Phi) is 5.96. The average Bonchev–Trinajstić information content (AvgIpc) is 3.08. The number of cyclic esters (lactones) is 1. The summed E-state index contributed by atoms with van der Waals surface area (Å²) in [7, 11) is 4.37. The fourth-order valence-corrected chi connectivity index (χ4v) is 2.69. The molecule has 1 aliphatic heterocycles. The van der Waals surface area contributed by atoms with Gasteiger partial charge in [-0.05, 0) is 24.3 Å². The molecule has 3 rings (SSSR count). The Morgan fingerprint density at radius 1 is 1.00 bits per heavy atom. The Labute approximate surface area is 165 Å². The van der Waals surface area contributed by atoms with E-state index in [4.69, 9.17) is 18.9 Å². The molecule has 0 unspecified atom stereocenters. The third-order valence-corrected chi connectivity index (χ3v) is 3.96. The van der Waals surface area contributed by atoms with Crippen molar-refractivity contribution < 1.29 is 37.3 Å². The van der Waals surface area contributed by atoms with Crippen LogP contribution in [0.25, 0.3) is 6.08 Å². The van der Waals surface area contributed by atoms with E-state index in [1.807, 2.05) is 0 Å². The molecule has 0 aliphatic carbocycles. The minimum Gasteiger partial charge on any atom is -0.493 e. The van der Waals surface area contributed by atoms with Gasteiger partial charge in [-0.15, -0.1) is 0 Å². The zero-order valence-corrected chi connectivity index (χ0v) is 15.8. The zero-order valence-electron chi connectivity index (χ0n) is 15.8. The highest BCUT2D eigenvalue weighted by atomic mass is 19.3. The number of alkyl halides is 2. The van der Waals surface area contributed by atoms with E-state index < -0.39 is 12.6 Å². The minimum atomic E-state index is -3.00. The van der Waals surface area contributed by atoms with Gasteiger partial charge in [0.2, 0.25) is 11.6 Å². The smallest absolute Gasteiger partial charge is 0.387 e. The van der Waals surface area contributed by atoms with Crippen molar-refractivity contribution in [3.63, 3.8) is 0 Å². The van der Waals surface area contributed by atoms with E-state index >= 15 is 0 Å². The maximum absolute atomic E-state index is 12.6. The second-order valence-corrected chi connectivity index (χ2v) is 5.67. The lowest BCUT2D eigenvalue weighted by Gasteiger charge is -2.13. The Bertz CT molecular complexity index is 962. The zero-order chi connectivity index (χ0) is 21.0. The van der Waals surface area contributed by atoms with Crippen LogP contribution in [0.4, 0.5) is 8.78 Å². The normalized spacial score (nSPS) is 14.6. The van der Waals surface area contributed by atoms with Crippen molar-refractivity contribution >= 4 is 17.9 Å². The summed E-state index contributed by atoms with van der Waals surface area (Å²) in [4.78, 5) is 16.4. The van der Waals surface area contributed by atoms with E-state index in [9.17, 15) is 13.6 Å². The molecule has 0 spiro atoms. The van der Waals surface area contributed by atoms with Crippen molar-refractivity contribution in [2.24, 2.45) is 4.99 Å². The number of benzene rings is 2. The lowest BCUT2D eigenvalue weighted by molar-refractivity contribution is -0.129. The summed E-state index contributed by atoms with van der Waals surface area (Å²) in [6, 6.07) is 9.19. The van der Waals surface area contributed by atoms with Crippen molar-refractivity contribution in [2.45, 2.75) is 6.61 Å². The maximum atomic E-state index is 12.6. The summed E-state index contributed by atoms with van der Waals surface area (Å²) in [5, 5.41) is 0. The molecule has 0 bridgehead atoms. The summed E-state index contributed by atoms with van der Waals surface area (Å²) in [6.07, 6.45) is 1.31. The van der Waals surface area contributed by atoms with Crippen molar-refractivity contribution in [3.05, 3.63) is 53.2 Å². The van der Waals surface area contributed by atoms with Gasteiger partial charge in [0.15, 0.2) is 17.2 Å². The van der Waals surface area contributed by atoms with Crippen LogP contribution in [0, 0.1) is 0 Å². The first-order chi connectivity index (χ1) is 14.0. The molecule has 9 heteroatoms. The Balaban J connectivity index is 2.00. The van der Waals surface area contributed by atoms with Gasteiger partial charge in [0.1, 0.15) is 5.75 Å². The molecule has 0 N–H and O–H groups in total. The monoisotopic (exact) mass is 405 g/mol. The SMILES string of the molecule is COc1cc(C2=N/C(=C\c3ccccc3OC(F)F)C(=O)O2)cc(OC)c1OC. The molecular formula is C20H17F2NO6. The number of hydrogen-bond acceptors (Lipinski definition) is 7. The number of rotatable bonds is 7. The van der Waals surface area contributed by atoms with Gasteiger partial charge in [-0.25, -0.2) is 9.79 Å². The number of methoxy groups -OCH3 is 3. The summed E-state index contributed by atoms with van der Waals surface area (Å²) >= 11 is 0. The van der Waals surface area contributed by atoms with Crippen LogP contribution in [-0.2, 0) is 9.53 Å². The molecule has 2 aromatic rings. The highest BCUT2D eigenvalue weighted by Gasteiger charge is 2.27.